The predicted octanol–water partition coefficient (Wildman–Crippen LogP) is 2.54. The second kappa shape index (κ2) is 6.89. The smallest absolute Gasteiger partial charge is 0.245 e. The van der Waals surface area contributed by atoms with Crippen LogP contribution in [0.2, 0.25) is 0 Å². The van der Waals surface area contributed by atoms with E-state index in [1.807, 2.05) is 0 Å². The molecule has 29 heavy (non-hydrogen) atoms. The van der Waals surface area contributed by atoms with Crippen molar-refractivity contribution < 1.29 is 22.1 Å². The first-order valence-corrected chi connectivity index (χ1v) is 10.6. The van der Waals surface area contributed by atoms with E-state index >= 15 is 0 Å². The largest absolute Gasteiger partial charge is 0.493 e. The Bertz CT molecular complexity index is 1150. The minimum Gasteiger partial charge on any atom is -0.493 e. The third-order valence-corrected chi connectivity index (χ3v) is 7.01. The van der Waals surface area contributed by atoms with Gasteiger partial charge in [-0.15, -0.1) is 0 Å². The molecule has 150 valence electrons. The second-order valence-corrected chi connectivity index (χ2v) is 8.87. The minimum absolute atomic E-state index is 0.0364. The number of benzene rings is 1. The number of alkyl halides is 1. The van der Waals surface area contributed by atoms with Crippen LogP contribution in [0.3, 0.4) is 0 Å². The monoisotopic (exact) mass is 416 g/mol. The molecule has 1 aromatic carbocycles. The molecule has 0 bridgehead atoms. The maximum Gasteiger partial charge on any atom is 0.245 e. The van der Waals surface area contributed by atoms with Gasteiger partial charge in [0.15, 0.2) is 0 Å². The van der Waals surface area contributed by atoms with Crippen LogP contribution >= 0.6 is 0 Å². The molecule has 0 N–H and O–H groups in total. The third kappa shape index (κ3) is 3.18. The molecular formula is C19H17FN4O4S. The van der Waals surface area contributed by atoms with Gasteiger partial charge < -0.3 is 9.26 Å². The van der Waals surface area contributed by atoms with Gasteiger partial charge in [0.2, 0.25) is 21.7 Å². The first kappa shape index (κ1) is 18.2. The quantitative estimate of drug-likeness (QED) is 0.644. The number of nitrogens with zero attached hydrogens (tertiary/aromatic N) is 4. The fourth-order valence-electron chi connectivity index (χ4n) is 3.69. The molecule has 2 aliphatic rings. The first-order chi connectivity index (χ1) is 14.0. The SMILES string of the molecule is O=S(=O)(c1ccc2c(c1)CCO2)N1C[C@@H](F)C[C@@H]1c1nc(-c2ccncc2)no1. The molecule has 0 aliphatic carbocycles. The summed E-state index contributed by atoms with van der Waals surface area (Å²) in [7, 11) is -3.95. The van der Waals surface area contributed by atoms with Crippen LogP contribution in [0.25, 0.3) is 11.4 Å². The fourth-order valence-corrected chi connectivity index (χ4v) is 5.37. The van der Waals surface area contributed by atoms with Gasteiger partial charge in [0.05, 0.1) is 11.5 Å². The van der Waals surface area contributed by atoms with Crippen molar-refractivity contribution in [1.82, 2.24) is 19.4 Å². The number of pyridine rings is 1. The lowest BCUT2D eigenvalue weighted by Crippen LogP contribution is -2.31. The lowest BCUT2D eigenvalue weighted by molar-refractivity contribution is 0.290. The number of fused-ring (bicyclic) bond motifs is 1. The van der Waals surface area contributed by atoms with E-state index in [1.165, 1.54) is 6.07 Å². The van der Waals surface area contributed by atoms with Gasteiger partial charge in [0, 0.05) is 37.3 Å². The Labute approximate surface area is 166 Å². The molecule has 3 aromatic rings. The van der Waals surface area contributed by atoms with Crippen molar-refractivity contribution in [3.63, 3.8) is 0 Å². The van der Waals surface area contributed by atoms with Crippen molar-refractivity contribution in [3.05, 3.63) is 54.2 Å². The van der Waals surface area contributed by atoms with Gasteiger partial charge in [0.25, 0.3) is 0 Å². The fraction of sp³-hybridized carbons (Fsp3) is 0.316. The molecule has 4 heterocycles. The van der Waals surface area contributed by atoms with Crippen LogP contribution in [0.15, 0.2) is 52.1 Å². The average molecular weight is 416 g/mol. The Hall–Kier alpha value is -2.85. The molecule has 2 aliphatic heterocycles. The molecule has 0 saturated carbocycles. The number of halogens is 1. The summed E-state index contributed by atoms with van der Waals surface area (Å²) in [6.07, 6.45) is 2.47. The van der Waals surface area contributed by atoms with Crippen molar-refractivity contribution in [1.29, 1.82) is 0 Å². The molecule has 5 rings (SSSR count). The zero-order chi connectivity index (χ0) is 20.0. The standard InChI is InChI=1S/C19H17FN4O4S/c20-14-10-16(19-22-18(23-28-19)12-3-6-21-7-4-12)24(11-14)29(25,26)15-1-2-17-13(9-15)5-8-27-17/h1-4,6-7,9,14,16H,5,8,10-11H2/t14-,16+/m0/s1. The van der Waals surface area contributed by atoms with Crippen LogP contribution in [-0.2, 0) is 16.4 Å². The van der Waals surface area contributed by atoms with Gasteiger partial charge in [-0.3, -0.25) is 4.98 Å². The van der Waals surface area contributed by atoms with E-state index in [4.69, 9.17) is 9.26 Å². The van der Waals surface area contributed by atoms with Gasteiger partial charge in [0.1, 0.15) is 18.0 Å². The maximum absolute atomic E-state index is 14.3. The zero-order valence-corrected chi connectivity index (χ0v) is 16.0. The summed E-state index contributed by atoms with van der Waals surface area (Å²) >= 11 is 0. The molecule has 0 unspecified atom stereocenters. The van der Waals surface area contributed by atoms with Gasteiger partial charge in [-0.2, -0.15) is 9.29 Å². The molecule has 1 fully saturated rings. The lowest BCUT2D eigenvalue weighted by atomic mass is 10.2. The van der Waals surface area contributed by atoms with Crippen LogP contribution in [-0.4, -0.2) is 47.2 Å². The molecule has 1 saturated heterocycles. The maximum atomic E-state index is 14.3. The molecule has 0 radical (unpaired) electrons. The van der Waals surface area contributed by atoms with E-state index in [1.54, 1.807) is 36.7 Å². The normalized spacial score (nSPS) is 21.8. The Morgan fingerprint density at radius 2 is 2.00 bits per heavy atom. The second-order valence-electron chi connectivity index (χ2n) is 6.98. The van der Waals surface area contributed by atoms with Crippen LogP contribution in [0, 0.1) is 0 Å². The highest BCUT2D eigenvalue weighted by Crippen LogP contribution is 2.39. The van der Waals surface area contributed by atoms with Gasteiger partial charge in [-0.1, -0.05) is 5.16 Å². The molecular weight excluding hydrogens is 399 g/mol. The molecule has 2 atom stereocenters. The van der Waals surface area contributed by atoms with Crippen LogP contribution in [0.1, 0.15) is 23.9 Å². The summed E-state index contributed by atoms with van der Waals surface area (Å²) in [6.45, 7) is 0.269. The Kier molecular flexibility index (Phi) is 4.32. The van der Waals surface area contributed by atoms with Crippen LogP contribution in [0.4, 0.5) is 4.39 Å². The van der Waals surface area contributed by atoms with E-state index in [2.05, 4.69) is 15.1 Å². The van der Waals surface area contributed by atoms with E-state index in [0.29, 0.717) is 30.2 Å². The van der Waals surface area contributed by atoms with E-state index in [0.717, 1.165) is 9.87 Å². The summed E-state index contributed by atoms with van der Waals surface area (Å²) in [5, 5.41) is 3.92. The van der Waals surface area contributed by atoms with E-state index in [9.17, 15) is 12.8 Å². The zero-order valence-electron chi connectivity index (χ0n) is 15.2. The molecule has 2 aromatic heterocycles. The van der Waals surface area contributed by atoms with Crippen molar-refractivity contribution in [2.45, 2.75) is 30.0 Å². The topological polar surface area (TPSA) is 98.4 Å². The van der Waals surface area contributed by atoms with Crippen LogP contribution < -0.4 is 4.74 Å². The van der Waals surface area contributed by atoms with Crippen molar-refractivity contribution in [3.8, 4) is 17.1 Å². The van der Waals surface area contributed by atoms with Crippen molar-refractivity contribution in [2.24, 2.45) is 0 Å². The Morgan fingerprint density at radius 3 is 2.83 bits per heavy atom. The Morgan fingerprint density at radius 1 is 1.17 bits per heavy atom. The third-order valence-electron chi connectivity index (χ3n) is 5.14. The summed E-state index contributed by atoms with van der Waals surface area (Å²) < 4.78 is 52.7. The van der Waals surface area contributed by atoms with Gasteiger partial charge >= 0.3 is 0 Å². The molecule has 0 spiro atoms. The summed E-state index contributed by atoms with van der Waals surface area (Å²) in [5.41, 5.74) is 1.51. The number of ether oxygens (including phenoxy) is 1. The average Bonchev–Trinajstić information content (AvgIpc) is 3.47. The Balaban J connectivity index is 1.49. The highest BCUT2D eigenvalue weighted by molar-refractivity contribution is 7.89. The van der Waals surface area contributed by atoms with E-state index in [-0.39, 0.29) is 23.8 Å². The predicted molar refractivity (Wildman–Crippen MR) is 99.3 cm³/mol. The van der Waals surface area contributed by atoms with Gasteiger partial charge in [-0.05, 0) is 35.9 Å². The molecule has 8 nitrogen and oxygen atoms in total. The van der Waals surface area contributed by atoms with Crippen molar-refractivity contribution in [2.75, 3.05) is 13.2 Å². The van der Waals surface area contributed by atoms with Crippen LogP contribution in [0.5, 0.6) is 5.75 Å². The summed E-state index contributed by atoms with van der Waals surface area (Å²) in [6, 6.07) is 7.28. The van der Waals surface area contributed by atoms with Gasteiger partial charge in [-0.25, -0.2) is 12.8 Å². The summed E-state index contributed by atoms with van der Waals surface area (Å²) in [5.74, 6) is 1.06. The number of hydrogen-bond donors (Lipinski definition) is 0. The highest BCUT2D eigenvalue weighted by Gasteiger charge is 2.44. The first-order valence-electron chi connectivity index (χ1n) is 9.18. The van der Waals surface area contributed by atoms with E-state index < -0.39 is 22.2 Å². The molecule has 0 amide bonds. The number of sulfonamides is 1. The molecule has 10 heteroatoms. The summed E-state index contributed by atoms with van der Waals surface area (Å²) in [4.78, 5) is 8.36. The highest BCUT2D eigenvalue weighted by atomic mass is 32.2. The minimum atomic E-state index is -3.95. The number of aromatic nitrogens is 3. The van der Waals surface area contributed by atoms with Crippen molar-refractivity contribution >= 4 is 10.0 Å². The number of rotatable bonds is 4. The lowest BCUT2D eigenvalue weighted by Gasteiger charge is -2.21. The number of hydrogen-bond acceptors (Lipinski definition) is 7.